The maximum Gasteiger partial charge on any atom is 0.305 e. The van der Waals surface area contributed by atoms with Crippen LogP contribution < -0.4 is 5.32 Å². The lowest BCUT2D eigenvalue weighted by molar-refractivity contribution is -0.137. The molecule has 0 aliphatic carbocycles. The maximum atomic E-state index is 13.9. The van der Waals surface area contributed by atoms with Crippen LogP contribution in [0.5, 0.6) is 0 Å². The zero-order valence-corrected chi connectivity index (χ0v) is 23.0. The zero-order valence-electron chi connectivity index (χ0n) is 21.5. The highest BCUT2D eigenvalue weighted by Gasteiger charge is 2.23. The van der Waals surface area contributed by atoms with Crippen molar-refractivity contribution in [1.82, 2.24) is 15.2 Å². The van der Waals surface area contributed by atoms with Gasteiger partial charge in [-0.1, -0.05) is 71.7 Å². The SMILES string of the molecule is O=C(O)CCN(CCc1ccc(Cl)cc1Cl)C(=O)c1ccccc1-c1ccccc1C(=O)NCc1cccnc1. The number of nitrogens with one attached hydrogen (secondary N) is 1. The molecule has 204 valence electrons. The van der Waals surface area contributed by atoms with Crippen LogP contribution in [0.25, 0.3) is 11.1 Å². The van der Waals surface area contributed by atoms with Gasteiger partial charge in [0, 0.05) is 53.2 Å². The average molecular weight is 576 g/mol. The van der Waals surface area contributed by atoms with Gasteiger partial charge in [-0.05, 0) is 59.0 Å². The molecule has 0 spiro atoms. The first-order valence-corrected chi connectivity index (χ1v) is 13.4. The molecule has 2 N–H and O–H groups in total. The monoisotopic (exact) mass is 575 g/mol. The second-order valence-corrected chi connectivity index (χ2v) is 9.90. The van der Waals surface area contributed by atoms with E-state index in [9.17, 15) is 19.5 Å². The Morgan fingerprint density at radius 3 is 2.23 bits per heavy atom. The maximum absolute atomic E-state index is 13.9. The summed E-state index contributed by atoms with van der Waals surface area (Å²) in [6.07, 6.45) is 3.55. The van der Waals surface area contributed by atoms with E-state index in [1.54, 1.807) is 85.2 Å². The minimum atomic E-state index is -1.01. The fourth-order valence-corrected chi connectivity index (χ4v) is 4.80. The van der Waals surface area contributed by atoms with Gasteiger partial charge in [-0.2, -0.15) is 0 Å². The average Bonchev–Trinajstić information content (AvgIpc) is 2.97. The van der Waals surface area contributed by atoms with Crippen molar-refractivity contribution in [3.05, 3.63) is 124 Å². The minimum Gasteiger partial charge on any atom is -0.481 e. The van der Waals surface area contributed by atoms with Gasteiger partial charge in [-0.3, -0.25) is 19.4 Å². The van der Waals surface area contributed by atoms with E-state index in [-0.39, 0.29) is 31.3 Å². The number of aromatic nitrogens is 1. The summed E-state index contributed by atoms with van der Waals surface area (Å²) in [6.45, 7) is 0.563. The topological polar surface area (TPSA) is 99.6 Å². The first-order valence-electron chi connectivity index (χ1n) is 12.6. The quantitative estimate of drug-likeness (QED) is 0.223. The van der Waals surface area contributed by atoms with Gasteiger partial charge in [-0.25, -0.2) is 0 Å². The van der Waals surface area contributed by atoms with Gasteiger partial charge < -0.3 is 15.3 Å². The van der Waals surface area contributed by atoms with Gasteiger partial charge >= 0.3 is 5.97 Å². The molecule has 40 heavy (non-hydrogen) atoms. The minimum absolute atomic E-state index is 0.0148. The lowest BCUT2D eigenvalue weighted by Gasteiger charge is -2.24. The van der Waals surface area contributed by atoms with Crippen LogP contribution in [0.1, 0.15) is 38.3 Å². The molecule has 0 atom stereocenters. The van der Waals surface area contributed by atoms with E-state index in [0.717, 1.165) is 11.1 Å². The molecule has 0 bridgehead atoms. The Bertz CT molecular complexity index is 1510. The van der Waals surface area contributed by atoms with Crippen LogP contribution in [0.15, 0.2) is 91.3 Å². The summed E-state index contributed by atoms with van der Waals surface area (Å²) < 4.78 is 0. The highest BCUT2D eigenvalue weighted by Crippen LogP contribution is 2.29. The summed E-state index contributed by atoms with van der Waals surface area (Å²) in [5, 5.41) is 13.2. The number of hydrogen-bond acceptors (Lipinski definition) is 4. The van der Waals surface area contributed by atoms with Crippen molar-refractivity contribution in [2.75, 3.05) is 13.1 Å². The van der Waals surface area contributed by atoms with Crippen LogP contribution >= 0.6 is 23.2 Å². The van der Waals surface area contributed by atoms with E-state index < -0.39 is 5.97 Å². The summed E-state index contributed by atoms with van der Waals surface area (Å²) in [7, 11) is 0. The molecule has 0 saturated heterocycles. The standard InChI is InChI=1S/C31H27Cl2N3O4/c32-23-12-11-22(28(33)18-23)13-16-36(17-14-29(37)38)31(40)27-10-4-2-8-25(27)24-7-1-3-9-26(24)30(39)35-20-21-6-5-15-34-19-21/h1-12,15,18-19H,13-14,16-17,20H2,(H,35,39)(H,37,38). The van der Waals surface area contributed by atoms with E-state index >= 15 is 0 Å². The van der Waals surface area contributed by atoms with Crippen molar-refractivity contribution >= 4 is 41.0 Å². The molecule has 0 aliphatic heterocycles. The van der Waals surface area contributed by atoms with Gasteiger partial charge in [0.05, 0.1) is 6.42 Å². The number of halogens is 2. The van der Waals surface area contributed by atoms with Crippen molar-refractivity contribution in [1.29, 1.82) is 0 Å². The predicted molar refractivity (Wildman–Crippen MR) is 156 cm³/mol. The normalized spacial score (nSPS) is 10.7. The first kappa shape index (κ1) is 28.8. The predicted octanol–water partition coefficient (Wildman–Crippen LogP) is 6.15. The first-order chi connectivity index (χ1) is 19.3. The number of aliphatic carboxylic acids is 1. The molecule has 1 heterocycles. The number of hydrogen-bond donors (Lipinski definition) is 2. The van der Waals surface area contributed by atoms with Crippen molar-refractivity contribution in [3.8, 4) is 11.1 Å². The van der Waals surface area contributed by atoms with E-state index in [0.29, 0.717) is 45.3 Å². The van der Waals surface area contributed by atoms with E-state index in [2.05, 4.69) is 10.3 Å². The lowest BCUT2D eigenvalue weighted by atomic mass is 9.94. The second-order valence-electron chi connectivity index (χ2n) is 9.06. The van der Waals surface area contributed by atoms with Crippen molar-refractivity contribution < 1.29 is 19.5 Å². The van der Waals surface area contributed by atoms with Gasteiger partial charge in [0.1, 0.15) is 0 Å². The Hall–Kier alpha value is -4.20. The molecular formula is C31H27Cl2N3O4. The van der Waals surface area contributed by atoms with Crippen molar-refractivity contribution in [2.24, 2.45) is 0 Å². The molecule has 1 aromatic heterocycles. The number of rotatable bonds is 11. The van der Waals surface area contributed by atoms with Crippen LogP contribution in [-0.4, -0.2) is 45.9 Å². The number of carbonyl (C=O) groups is 3. The third-order valence-electron chi connectivity index (χ3n) is 6.34. The lowest BCUT2D eigenvalue weighted by Crippen LogP contribution is -2.35. The van der Waals surface area contributed by atoms with Crippen LogP contribution in [0.2, 0.25) is 10.0 Å². The van der Waals surface area contributed by atoms with E-state index in [1.807, 2.05) is 6.07 Å². The summed E-state index contributed by atoms with van der Waals surface area (Å²) in [5.74, 6) is -1.64. The third kappa shape index (κ3) is 7.46. The van der Waals surface area contributed by atoms with Crippen molar-refractivity contribution in [3.63, 3.8) is 0 Å². The Morgan fingerprint density at radius 2 is 1.55 bits per heavy atom. The van der Waals surface area contributed by atoms with Crippen LogP contribution in [0, 0.1) is 0 Å². The summed E-state index contributed by atoms with van der Waals surface area (Å²) in [4.78, 5) is 44.0. The van der Waals surface area contributed by atoms with E-state index in [4.69, 9.17) is 23.2 Å². The van der Waals surface area contributed by atoms with Gasteiger partial charge in [0.2, 0.25) is 0 Å². The number of pyridine rings is 1. The number of carboxylic acid groups (broad SMARTS) is 1. The summed E-state index contributed by atoms with van der Waals surface area (Å²) in [6, 6.07) is 22.9. The van der Waals surface area contributed by atoms with Crippen LogP contribution in [0.4, 0.5) is 0 Å². The zero-order chi connectivity index (χ0) is 28.5. The highest BCUT2D eigenvalue weighted by molar-refractivity contribution is 6.35. The Balaban J connectivity index is 1.61. The Kier molecular flexibility index (Phi) is 9.89. The molecule has 0 radical (unpaired) electrons. The third-order valence-corrected chi connectivity index (χ3v) is 6.93. The Morgan fingerprint density at radius 1 is 0.850 bits per heavy atom. The number of amides is 2. The molecule has 0 unspecified atom stereocenters. The highest BCUT2D eigenvalue weighted by atomic mass is 35.5. The molecule has 9 heteroatoms. The number of nitrogens with zero attached hydrogens (tertiary/aromatic N) is 2. The molecule has 7 nitrogen and oxygen atoms in total. The number of benzene rings is 3. The van der Waals surface area contributed by atoms with Gasteiger partial charge in [0.25, 0.3) is 11.8 Å². The second kappa shape index (κ2) is 13.7. The molecule has 0 aliphatic rings. The molecule has 4 rings (SSSR count). The molecule has 2 amide bonds. The largest absolute Gasteiger partial charge is 0.481 e. The number of carboxylic acids is 1. The van der Waals surface area contributed by atoms with E-state index in [1.165, 1.54) is 4.90 Å². The molecule has 0 fully saturated rings. The fraction of sp³-hybridized carbons (Fsp3) is 0.161. The Labute approximate surface area is 242 Å². The number of carbonyl (C=O) groups excluding carboxylic acids is 2. The van der Waals surface area contributed by atoms with Gasteiger partial charge in [-0.15, -0.1) is 0 Å². The molecule has 3 aromatic carbocycles. The van der Waals surface area contributed by atoms with Crippen LogP contribution in [-0.2, 0) is 17.8 Å². The smallest absolute Gasteiger partial charge is 0.305 e. The molecular weight excluding hydrogens is 549 g/mol. The van der Waals surface area contributed by atoms with Crippen molar-refractivity contribution in [2.45, 2.75) is 19.4 Å². The fourth-order valence-electron chi connectivity index (χ4n) is 4.30. The molecule has 0 saturated carbocycles. The summed E-state index contributed by atoms with van der Waals surface area (Å²) >= 11 is 12.3. The van der Waals surface area contributed by atoms with Crippen LogP contribution in [0.3, 0.4) is 0 Å². The molecule has 4 aromatic rings. The van der Waals surface area contributed by atoms with Gasteiger partial charge in [0.15, 0.2) is 0 Å². The summed E-state index contributed by atoms with van der Waals surface area (Å²) in [5.41, 5.74) is 3.60.